The number of H-pyrrole nitrogens is 1. The highest BCUT2D eigenvalue weighted by Crippen LogP contribution is 2.03. The summed E-state index contributed by atoms with van der Waals surface area (Å²) in [4.78, 5) is 7.30. The third-order valence-electron chi connectivity index (χ3n) is 2.79. The van der Waals surface area contributed by atoms with Gasteiger partial charge in [-0.05, 0) is 18.6 Å². The predicted octanol–water partition coefficient (Wildman–Crippen LogP) is 1.95. The van der Waals surface area contributed by atoms with Gasteiger partial charge in [0.15, 0.2) is 0 Å². The fraction of sp³-hybridized carbons (Fsp3) is 0.462. The Labute approximate surface area is 102 Å². The van der Waals surface area contributed by atoms with E-state index in [2.05, 4.69) is 45.1 Å². The number of aryl methyl sites for hydroxylation is 1. The summed E-state index contributed by atoms with van der Waals surface area (Å²) in [5.41, 5.74) is 1.35. The van der Waals surface area contributed by atoms with Gasteiger partial charge >= 0.3 is 0 Å². The van der Waals surface area contributed by atoms with Crippen LogP contribution in [0.5, 0.6) is 0 Å². The standard InChI is InChI=1S/C13H20N4/c1-2-9-17-10-3-4-12(17)11-14-6-5-13-15-7-8-16-13/h3-4,7-8,10,14H,2,5-6,9,11H2,1H3,(H,15,16). The molecule has 0 saturated carbocycles. The first-order chi connectivity index (χ1) is 8.40. The number of aromatic amines is 1. The molecular formula is C13H20N4. The molecule has 0 aliphatic heterocycles. The molecule has 0 unspecified atom stereocenters. The summed E-state index contributed by atoms with van der Waals surface area (Å²) in [5, 5.41) is 3.44. The highest BCUT2D eigenvalue weighted by atomic mass is 15.0. The molecule has 4 heteroatoms. The van der Waals surface area contributed by atoms with Gasteiger partial charge in [0.25, 0.3) is 0 Å². The lowest BCUT2D eigenvalue weighted by Gasteiger charge is -2.08. The fourth-order valence-corrected chi connectivity index (χ4v) is 1.93. The number of nitrogens with zero attached hydrogens (tertiary/aromatic N) is 2. The van der Waals surface area contributed by atoms with Gasteiger partial charge in [0.05, 0.1) is 0 Å². The molecule has 0 fully saturated rings. The van der Waals surface area contributed by atoms with Crippen molar-refractivity contribution in [3.05, 3.63) is 42.2 Å². The molecule has 0 aliphatic rings. The lowest BCUT2D eigenvalue weighted by molar-refractivity contribution is 0.599. The normalized spacial score (nSPS) is 10.9. The lowest BCUT2D eigenvalue weighted by Crippen LogP contribution is -2.19. The van der Waals surface area contributed by atoms with Crippen molar-refractivity contribution in [3.8, 4) is 0 Å². The molecule has 0 atom stereocenters. The Morgan fingerprint density at radius 2 is 2.41 bits per heavy atom. The SMILES string of the molecule is CCCn1cccc1CNCCc1ncc[nH]1. The monoisotopic (exact) mass is 232 g/mol. The first-order valence-corrected chi connectivity index (χ1v) is 6.23. The third-order valence-corrected chi connectivity index (χ3v) is 2.79. The summed E-state index contributed by atoms with van der Waals surface area (Å²) in [7, 11) is 0. The van der Waals surface area contributed by atoms with Crippen LogP contribution in [0.25, 0.3) is 0 Å². The second-order valence-electron chi connectivity index (χ2n) is 4.16. The Bertz CT molecular complexity index is 416. The van der Waals surface area contributed by atoms with E-state index in [1.54, 1.807) is 6.20 Å². The molecule has 2 heterocycles. The van der Waals surface area contributed by atoms with Crippen LogP contribution in [0, 0.1) is 0 Å². The molecule has 0 radical (unpaired) electrons. The predicted molar refractivity (Wildman–Crippen MR) is 68.7 cm³/mol. The summed E-state index contributed by atoms with van der Waals surface area (Å²) in [6.45, 7) is 5.18. The van der Waals surface area contributed by atoms with Gasteiger partial charge in [-0.1, -0.05) is 6.92 Å². The van der Waals surface area contributed by atoms with E-state index in [0.29, 0.717) is 0 Å². The highest BCUT2D eigenvalue weighted by Gasteiger charge is 1.99. The summed E-state index contributed by atoms with van der Waals surface area (Å²) >= 11 is 0. The Balaban J connectivity index is 1.72. The Morgan fingerprint density at radius 1 is 1.47 bits per heavy atom. The maximum Gasteiger partial charge on any atom is 0.107 e. The van der Waals surface area contributed by atoms with E-state index in [1.165, 1.54) is 12.1 Å². The molecule has 2 rings (SSSR count). The van der Waals surface area contributed by atoms with Crippen LogP contribution in [0.1, 0.15) is 24.9 Å². The van der Waals surface area contributed by atoms with Crippen LogP contribution in [0.4, 0.5) is 0 Å². The van der Waals surface area contributed by atoms with E-state index >= 15 is 0 Å². The number of nitrogens with one attached hydrogen (secondary N) is 2. The number of hydrogen-bond acceptors (Lipinski definition) is 2. The molecule has 4 nitrogen and oxygen atoms in total. The summed E-state index contributed by atoms with van der Waals surface area (Å²) < 4.78 is 2.31. The van der Waals surface area contributed by atoms with Gasteiger partial charge in [-0.25, -0.2) is 4.98 Å². The topological polar surface area (TPSA) is 45.6 Å². The first kappa shape index (κ1) is 11.9. The van der Waals surface area contributed by atoms with Crippen molar-refractivity contribution in [2.24, 2.45) is 0 Å². The number of hydrogen-bond donors (Lipinski definition) is 2. The van der Waals surface area contributed by atoms with Gasteiger partial charge in [-0.2, -0.15) is 0 Å². The van der Waals surface area contributed by atoms with E-state index in [1.807, 2.05) is 6.20 Å². The lowest BCUT2D eigenvalue weighted by atomic mass is 10.3. The van der Waals surface area contributed by atoms with E-state index in [9.17, 15) is 0 Å². The van der Waals surface area contributed by atoms with Crippen molar-refractivity contribution in [2.75, 3.05) is 6.54 Å². The van der Waals surface area contributed by atoms with Crippen molar-refractivity contribution in [2.45, 2.75) is 32.9 Å². The van der Waals surface area contributed by atoms with Crippen molar-refractivity contribution < 1.29 is 0 Å². The van der Waals surface area contributed by atoms with Gasteiger partial charge in [-0.3, -0.25) is 0 Å². The van der Waals surface area contributed by atoms with Crippen molar-refractivity contribution >= 4 is 0 Å². The van der Waals surface area contributed by atoms with Gasteiger partial charge < -0.3 is 14.9 Å². The van der Waals surface area contributed by atoms with Crippen molar-refractivity contribution in [3.63, 3.8) is 0 Å². The van der Waals surface area contributed by atoms with Crippen LogP contribution >= 0.6 is 0 Å². The minimum absolute atomic E-state index is 0.924. The number of rotatable bonds is 7. The Kier molecular flexibility index (Phi) is 4.38. The largest absolute Gasteiger partial charge is 0.350 e. The van der Waals surface area contributed by atoms with Crippen LogP contribution in [-0.2, 0) is 19.5 Å². The fourth-order valence-electron chi connectivity index (χ4n) is 1.93. The molecule has 0 aliphatic carbocycles. The molecule has 2 aromatic rings. The smallest absolute Gasteiger partial charge is 0.107 e. The molecule has 0 amide bonds. The second kappa shape index (κ2) is 6.25. The molecule has 2 N–H and O–H groups in total. The first-order valence-electron chi connectivity index (χ1n) is 6.23. The quantitative estimate of drug-likeness (QED) is 0.717. The zero-order valence-corrected chi connectivity index (χ0v) is 10.3. The van der Waals surface area contributed by atoms with Gasteiger partial charge in [0.2, 0.25) is 0 Å². The van der Waals surface area contributed by atoms with Crippen LogP contribution in [-0.4, -0.2) is 21.1 Å². The average Bonchev–Trinajstić information content (AvgIpc) is 2.96. The van der Waals surface area contributed by atoms with Crippen molar-refractivity contribution in [1.82, 2.24) is 19.9 Å². The molecule has 92 valence electrons. The minimum Gasteiger partial charge on any atom is -0.350 e. The van der Waals surface area contributed by atoms with Gasteiger partial charge in [-0.15, -0.1) is 0 Å². The van der Waals surface area contributed by atoms with E-state index in [0.717, 1.165) is 31.9 Å². The number of aromatic nitrogens is 3. The molecule has 0 bridgehead atoms. The molecule has 2 aromatic heterocycles. The molecule has 0 spiro atoms. The second-order valence-corrected chi connectivity index (χ2v) is 4.16. The highest BCUT2D eigenvalue weighted by molar-refractivity contribution is 5.06. The molecular weight excluding hydrogens is 212 g/mol. The van der Waals surface area contributed by atoms with Crippen molar-refractivity contribution in [1.29, 1.82) is 0 Å². The Morgan fingerprint density at radius 3 is 3.18 bits per heavy atom. The van der Waals surface area contributed by atoms with E-state index < -0.39 is 0 Å². The van der Waals surface area contributed by atoms with Crippen LogP contribution in [0.3, 0.4) is 0 Å². The Hall–Kier alpha value is -1.55. The summed E-state index contributed by atoms with van der Waals surface area (Å²) in [6, 6.07) is 4.29. The molecule has 0 aromatic carbocycles. The van der Waals surface area contributed by atoms with Crippen LogP contribution < -0.4 is 5.32 Å². The minimum atomic E-state index is 0.924. The number of imidazole rings is 1. The van der Waals surface area contributed by atoms with E-state index in [-0.39, 0.29) is 0 Å². The summed E-state index contributed by atoms with van der Waals surface area (Å²) in [6.07, 6.45) is 7.92. The maximum absolute atomic E-state index is 4.20. The average molecular weight is 232 g/mol. The maximum atomic E-state index is 4.20. The van der Waals surface area contributed by atoms with E-state index in [4.69, 9.17) is 0 Å². The zero-order valence-electron chi connectivity index (χ0n) is 10.3. The van der Waals surface area contributed by atoms with Crippen LogP contribution in [0.15, 0.2) is 30.7 Å². The molecule has 0 saturated heterocycles. The third kappa shape index (κ3) is 3.46. The van der Waals surface area contributed by atoms with Gasteiger partial charge in [0.1, 0.15) is 5.82 Å². The van der Waals surface area contributed by atoms with Crippen LogP contribution in [0.2, 0.25) is 0 Å². The van der Waals surface area contributed by atoms with Gasteiger partial charge in [0, 0.05) is 50.3 Å². The molecule has 17 heavy (non-hydrogen) atoms. The summed E-state index contributed by atoms with van der Waals surface area (Å²) in [5.74, 6) is 1.04. The zero-order chi connectivity index (χ0) is 11.9.